The highest BCUT2D eigenvalue weighted by Crippen LogP contribution is 2.28. The van der Waals surface area contributed by atoms with Crippen LogP contribution < -0.4 is 0 Å². The molecule has 0 radical (unpaired) electrons. The Hall–Kier alpha value is -0.910. The summed E-state index contributed by atoms with van der Waals surface area (Å²) in [5.41, 5.74) is 1.26. The van der Waals surface area contributed by atoms with E-state index in [1.165, 1.54) is 0 Å². The van der Waals surface area contributed by atoms with E-state index in [-0.39, 0.29) is 0 Å². The zero-order valence-electron chi connectivity index (χ0n) is 10.3. The van der Waals surface area contributed by atoms with Gasteiger partial charge < -0.3 is 5.11 Å². The molecule has 1 aromatic carbocycles. The quantitative estimate of drug-likeness (QED) is 0.920. The summed E-state index contributed by atoms with van der Waals surface area (Å²) in [6.07, 6.45) is 1.69. The van der Waals surface area contributed by atoms with Crippen LogP contribution in [0.2, 0.25) is 5.02 Å². The third kappa shape index (κ3) is 2.58. The Morgan fingerprint density at radius 2 is 2.06 bits per heavy atom. The van der Waals surface area contributed by atoms with Gasteiger partial charge in [0.15, 0.2) is 0 Å². The fourth-order valence-electron chi connectivity index (χ4n) is 1.47. The van der Waals surface area contributed by atoms with Crippen LogP contribution in [0.1, 0.15) is 25.1 Å². The molecule has 0 fully saturated rings. The smallest absolute Gasteiger partial charge is 0.114 e. The number of hydrogen-bond donors (Lipinski definition) is 1. The molecule has 0 aliphatic carbocycles. The molecule has 0 aliphatic rings. The summed E-state index contributed by atoms with van der Waals surface area (Å²) in [5, 5.41) is 18.5. The number of aryl methyl sites for hydroxylation is 1. The van der Waals surface area contributed by atoms with Crippen LogP contribution in [-0.2, 0) is 5.60 Å². The van der Waals surface area contributed by atoms with Crippen LogP contribution in [0.5, 0.6) is 0 Å². The van der Waals surface area contributed by atoms with E-state index < -0.39 is 5.60 Å². The van der Waals surface area contributed by atoms with Gasteiger partial charge in [0.1, 0.15) is 11.3 Å². The van der Waals surface area contributed by atoms with Crippen molar-refractivity contribution in [2.45, 2.75) is 26.4 Å². The van der Waals surface area contributed by atoms with Crippen LogP contribution >= 0.6 is 27.5 Å². The number of aliphatic hydroxyl groups is 1. The SMILES string of the molecule is Cc1cc(Br)c(-n2cc(C(C)(C)O)nn2)cc1Cl. The molecule has 0 saturated carbocycles. The Kier molecular flexibility index (Phi) is 3.49. The second kappa shape index (κ2) is 4.64. The van der Waals surface area contributed by atoms with Crippen molar-refractivity contribution in [2.75, 3.05) is 0 Å². The van der Waals surface area contributed by atoms with Gasteiger partial charge in [0, 0.05) is 9.50 Å². The van der Waals surface area contributed by atoms with Crippen molar-refractivity contribution in [2.24, 2.45) is 0 Å². The molecule has 2 aromatic rings. The first-order chi connectivity index (χ1) is 8.29. The number of hydrogen-bond acceptors (Lipinski definition) is 3. The lowest BCUT2D eigenvalue weighted by molar-refractivity contribution is 0.0737. The number of aromatic nitrogens is 3. The van der Waals surface area contributed by atoms with Crippen molar-refractivity contribution in [3.05, 3.63) is 39.1 Å². The molecule has 0 unspecified atom stereocenters. The summed E-state index contributed by atoms with van der Waals surface area (Å²) < 4.78 is 2.46. The van der Waals surface area contributed by atoms with E-state index in [1.807, 2.05) is 19.1 Å². The molecule has 4 nitrogen and oxygen atoms in total. The average molecular weight is 331 g/mol. The highest BCUT2D eigenvalue weighted by Gasteiger charge is 2.21. The molecule has 2 rings (SSSR count). The Morgan fingerprint density at radius 1 is 1.39 bits per heavy atom. The maximum Gasteiger partial charge on any atom is 0.114 e. The summed E-state index contributed by atoms with van der Waals surface area (Å²) in [6, 6.07) is 3.73. The van der Waals surface area contributed by atoms with E-state index in [0.717, 1.165) is 15.7 Å². The Balaban J connectivity index is 2.50. The van der Waals surface area contributed by atoms with Gasteiger partial charge in [-0.1, -0.05) is 16.8 Å². The van der Waals surface area contributed by atoms with Crippen LogP contribution in [0.4, 0.5) is 0 Å². The van der Waals surface area contributed by atoms with Gasteiger partial charge >= 0.3 is 0 Å². The molecule has 0 saturated heterocycles. The molecule has 0 bridgehead atoms. The molecule has 0 spiro atoms. The van der Waals surface area contributed by atoms with E-state index >= 15 is 0 Å². The van der Waals surface area contributed by atoms with E-state index in [1.54, 1.807) is 24.7 Å². The van der Waals surface area contributed by atoms with Gasteiger partial charge in [0.25, 0.3) is 0 Å². The topological polar surface area (TPSA) is 50.9 Å². The molecule has 0 amide bonds. The van der Waals surface area contributed by atoms with E-state index in [2.05, 4.69) is 26.2 Å². The molecule has 1 N–H and O–H groups in total. The largest absolute Gasteiger partial charge is 0.384 e. The Bertz CT molecular complexity index is 589. The van der Waals surface area contributed by atoms with Gasteiger partial charge in [-0.15, -0.1) is 5.10 Å². The third-order valence-corrected chi connectivity index (χ3v) is 3.64. The third-order valence-electron chi connectivity index (χ3n) is 2.60. The standard InChI is InChI=1S/C12H13BrClN3O/c1-7-4-8(13)10(5-9(7)14)17-6-11(15-16-17)12(2,3)18/h4-6,18H,1-3H3. The van der Waals surface area contributed by atoms with E-state index in [0.29, 0.717) is 10.7 Å². The molecule has 6 heteroatoms. The molecule has 1 heterocycles. The number of nitrogens with zero attached hydrogens (tertiary/aromatic N) is 3. The maximum absolute atomic E-state index is 9.86. The zero-order valence-corrected chi connectivity index (χ0v) is 12.6. The minimum Gasteiger partial charge on any atom is -0.384 e. The molecule has 96 valence electrons. The summed E-state index contributed by atoms with van der Waals surface area (Å²) in [4.78, 5) is 0. The Morgan fingerprint density at radius 3 is 2.61 bits per heavy atom. The lowest BCUT2D eigenvalue weighted by Crippen LogP contribution is -2.15. The fourth-order valence-corrected chi connectivity index (χ4v) is 2.27. The first-order valence-corrected chi connectivity index (χ1v) is 6.57. The van der Waals surface area contributed by atoms with Gasteiger partial charge in [0.2, 0.25) is 0 Å². The van der Waals surface area contributed by atoms with Crippen molar-refractivity contribution >= 4 is 27.5 Å². The zero-order chi connectivity index (χ0) is 13.5. The highest BCUT2D eigenvalue weighted by molar-refractivity contribution is 9.10. The van der Waals surface area contributed by atoms with Crippen LogP contribution in [0, 0.1) is 6.92 Å². The minimum absolute atomic E-state index is 0.506. The summed E-state index contributed by atoms with van der Waals surface area (Å²) in [6.45, 7) is 5.26. The maximum atomic E-state index is 9.86. The monoisotopic (exact) mass is 329 g/mol. The molecule has 18 heavy (non-hydrogen) atoms. The number of halogens is 2. The normalized spacial score (nSPS) is 11.9. The molecule has 1 aromatic heterocycles. The van der Waals surface area contributed by atoms with Crippen LogP contribution in [-0.4, -0.2) is 20.1 Å². The minimum atomic E-state index is -1.01. The average Bonchev–Trinajstić information content (AvgIpc) is 2.72. The van der Waals surface area contributed by atoms with Crippen molar-refractivity contribution in [1.82, 2.24) is 15.0 Å². The first-order valence-electron chi connectivity index (χ1n) is 5.40. The van der Waals surface area contributed by atoms with Gasteiger partial charge in [-0.25, -0.2) is 4.68 Å². The van der Waals surface area contributed by atoms with Gasteiger partial charge in [-0.05, 0) is 54.4 Å². The van der Waals surface area contributed by atoms with Crippen LogP contribution in [0.15, 0.2) is 22.8 Å². The van der Waals surface area contributed by atoms with Crippen molar-refractivity contribution in [3.8, 4) is 5.69 Å². The lowest BCUT2D eigenvalue weighted by atomic mass is 10.1. The first kappa shape index (κ1) is 13.5. The van der Waals surface area contributed by atoms with Crippen molar-refractivity contribution < 1.29 is 5.11 Å². The second-order valence-electron chi connectivity index (χ2n) is 4.66. The van der Waals surface area contributed by atoms with Crippen molar-refractivity contribution in [3.63, 3.8) is 0 Å². The summed E-state index contributed by atoms with van der Waals surface area (Å²) in [5.74, 6) is 0. The van der Waals surface area contributed by atoms with Gasteiger partial charge in [-0.2, -0.15) is 0 Å². The van der Waals surface area contributed by atoms with Gasteiger partial charge in [-0.3, -0.25) is 0 Å². The van der Waals surface area contributed by atoms with Crippen LogP contribution in [0.3, 0.4) is 0 Å². The van der Waals surface area contributed by atoms with Crippen molar-refractivity contribution in [1.29, 1.82) is 0 Å². The van der Waals surface area contributed by atoms with E-state index in [9.17, 15) is 5.11 Å². The number of benzene rings is 1. The van der Waals surface area contributed by atoms with Crippen LogP contribution in [0.25, 0.3) is 5.69 Å². The summed E-state index contributed by atoms with van der Waals surface area (Å²) >= 11 is 9.57. The predicted octanol–water partition coefficient (Wildman–Crippen LogP) is 3.22. The predicted molar refractivity (Wildman–Crippen MR) is 74.1 cm³/mol. The van der Waals surface area contributed by atoms with Gasteiger partial charge in [0.05, 0.1) is 11.9 Å². The molecular formula is C12H13BrClN3O. The highest BCUT2D eigenvalue weighted by atomic mass is 79.9. The Labute approximate surface area is 119 Å². The molecular weight excluding hydrogens is 318 g/mol. The lowest BCUT2D eigenvalue weighted by Gasteiger charge is -2.12. The number of rotatable bonds is 2. The molecule has 0 aliphatic heterocycles. The summed E-state index contributed by atoms with van der Waals surface area (Å²) in [7, 11) is 0. The molecule has 0 atom stereocenters. The van der Waals surface area contributed by atoms with E-state index in [4.69, 9.17) is 11.6 Å². The fraction of sp³-hybridized carbons (Fsp3) is 0.333. The second-order valence-corrected chi connectivity index (χ2v) is 5.92.